The van der Waals surface area contributed by atoms with Crippen LogP contribution in [-0.2, 0) is 9.59 Å². The van der Waals surface area contributed by atoms with Crippen molar-refractivity contribution in [2.75, 3.05) is 17.7 Å². The summed E-state index contributed by atoms with van der Waals surface area (Å²) in [6, 6.07) is 16.8. The third kappa shape index (κ3) is 5.02. The van der Waals surface area contributed by atoms with Crippen molar-refractivity contribution in [3.8, 4) is 5.75 Å². The SMILES string of the molecule is COc1ccc(C(=O)c2cc(NC(=O)c3cc4ccccc4s3)ccc2NC(=O)C(=O)O)cc1F. The second kappa shape index (κ2) is 9.74. The molecule has 4 aromatic rings. The Kier molecular flexibility index (Phi) is 6.56. The third-order valence-corrected chi connectivity index (χ3v) is 6.14. The molecule has 2 amide bonds. The summed E-state index contributed by atoms with van der Waals surface area (Å²) >= 11 is 1.30. The van der Waals surface area contributed by atoms with Gasteiger partial charge in [0.05, 0.1) is 17.7 Å². The van der Waals surface area contributed by atoms with Gasteiger partial charge in [-0.3, -0.25) is 14.4 Å². The lowest BCUT2D eigenvalue weighted by molar-refractivity contribution is -0.147. The van der Waals surface area contributed by atoms with Gasteiger partial charge in [-0.05, 0) is 53.9 Å². The van der Waals surface area contributed by atoms with Crippen LogP contribution >= 0.6 is 11.3 Å². The van der Waals surface area contributed by atoms with E-state index in [0.29, 0.717) is 4.88 Å². The van der Waals surface area contributed by atoms with Gasteiger partial charge in [0.2, 0.25) is 0 Å². The zero-order valence-electron chi connectivity index (χ0n) is 18.1. The number of halogens is 1. The molecule has 0 saturated carbocycles. The van der Waals surface area contributed by atoms with Crippen LogP contribution < -0.4 is 15.4 Å². The summed E-state index contributed by atoms with van der Waals surface area (Å²) in [5.41, 5.74) is -0.1000. The highest BCUT2D eigenvalue weighted by atomic mass is 32.1. The molecule has 0 aliphatic heterocycles. The largest absolute Gasteiger partial charge is 0.494 e. The molecule has 10 heteroatoms. The van der Waals surface area contributed by atoms with E-state index in [1.54, 1.807) is 6.07 Å². The number of nitrogens with one attached hydrogen (secondary N) is 2. The molecule has 176 valence electrons. The summed E-state index contributed by atoms with van der Waals surface area (Å²) in [4.78, 5) is 49.2. The molecule has 0 fully saturated rings. The number of carbonyl (C=O) groups excluding carboxylic acids is 3. The number of ketones is 1. The summed E-state index contributed by atoms with van der Waals surface area (Å²) in [5.74, 6) is -5.07. The lowest BCUT2D eigenvalue weighted by Gasteiger charge is -2.13. The number of carbonyl (C=O) groups is 4. The fraction of sp³-hybridized carbons (Fsp3) is 0.0400. The van der Waals surface area contributed by atoms with Crippen LogP contribution in [0.3, 0.4) is 0 Å². The molecule has 0 spiro atoms. The zero-order valence-corrected chi connectivity index (χ0v) is 18.9. The van der Waals surface area contributed by atoms with Crippen molar-refractivity contribution in [3.05, 3.63) is 88.6 Å². The number of anilines is 2. The molecule has 3 N–H and O–H groups in total. The van der Waals surface area contributed by atoms with Crippen LogP contribution in [0.4, 0.5) is 15.8 Å². The highest BCUT2D eigenvalue weighted by Gasteiger charge is 2.21. The number of hydrogen-bond acceptors (Lipinski definition) is 6. The van der Waals surface area contributed by atoms with E-state index in [1.165, 1.54) is 48.8 Å². The average molecular weight is 492 g/mol. The maximum absolute atomic E-state index is 14.2. The van der Waals surface area contributed by atoms with Gasteiger partial charge in [0, 0.05) is 21.5 Å². The molecule has 0 aliphatic rings. The summed E-state index contributed by atoms with van der Waals surface area (Å²) in [5, 5.41) is 14.7. The molecule has 4 rings (SSSR count). The van der Waals surface area contributed by atoms with Crippen LogP contribution in [-0.4, -0.2) is 35.8 Å². The number of thiophene rings is 1. The topological polar surface area (TPSA) is 122 Å². The molecule has 0 saturated heterocycles. The monoisotopic (exact) mass is 492 g/mol. The number of aliphatic carboxylic acids is 1. The van der Waals surface area contributed by atoms with Gasteiger partial charge in [0.1, 0.15) is 0 Å². The molecule has 0 radical (unpaired) electrons. The van der Waals surface area contributed by atoms with E-state index in [-0.39, 0.29) is 28.3 Å². The van der Waals surface area contributed by atoms with Crippen molar-refractivity contribution in [1.29, 1.82) is 0 Å². The van der Waals surface area contributed by atoms with Crippen molar-refractivity contribution in [3.63, 3.8) is 0 Å². The Morgan fingerprint density at radius 2 is 1.71 bits per heavy atom. The van der Waals surface area contributed by atoms with Crippen molar-refractivity contribution in [2.45, 2.75) is 0 Å². The number of carboxylic acid groups (broad SMARTS) is 1. The Morgan fingerprint density at radius 1 is 0.943 bits per heavy atom. The van der Waals surface area contributed by atoms with Crippen LogP contribution in [0.5, 0.6) is 5.75 Å². The Morgan fingerprint density at radius 3 is 2.40 bits per heavy atom. The van der Waals surface area contributed by atoms with E-state index in [2.05, 4.69) is 10.6 Å². The Balaban J connectivity index is 1.68. The van der Waals surface area contributed by atoms with Gasteiger partial charge >= 0.3 is 11.9 Å². The molecule has 1 aromatic heterocycles. The minimum absolute atomic E-state index is 0.0645. The number of ether oxygens (including phenoxy) is 1. The van der Waals surface area contributed by atoms with Crippen molar-refractivity contribution >= 4 is 56.4 Å². The van der Waals surface area contributed by atoms with Crippen LogP contribution in [0.15, 0.2) is 66.7 Å². The average Bonchev–Trinajstić information content (AvgIpc) is 3.29. The molecule has 1 heterocycles. The molecule has 8 nitrogen and oxygen atoms in total. The first-order valence-electron chi connectivity index (χ1n) is 10.1. The van der Waals surface area contributed by atoms with Crippen molar-refractivity contribution < 1.29 is 33.4 Å². The first kappa shape index (κ1) is 23.6. The van der Waals surface area contributed by atoms with Crippen LogP contribution in [0.2, 0.25) is 0 Å². The summed E-state index contributed by atoms with van der Waals surface area (Å²) in [6.07, 6.45) is 0. The molecule has 35 heavy (non-hydrogen) atoms. The number of carboxylic acids is 1. The molecule has 0 unspecified atom stereocenters. The molecule has 0 aliphatic carbocycles. The van der Waals surface area contributed by atoms with E-state index in [0.717, 1.165) is 16.2 Å². The number of benzene rings is 3. The van der Waals surface area contributed by atoms with Gasteiger partial charge in [0.25, 0.3) is 5.91 Å². The second-order valence-electron chi connectivity index (χ2n) is 7.30. The maximum atomic E-state index is 14.2. The number of hydrogen-bond donors (Lipinski definition) is 3. The summed E-state index contributed by atoms with van der Waals surface area (Å²) < 4.78 is 20.0. The number of fused-ring (bicyclic) bond motifs is 1. The predicted octanol–water partition coefficient (Wildman–Crippen LogP) is 4.56. The van der Waals surface area contributed by atoms with E-state index in [4.69, 9.17) is 9.84 Å². The fourth-order valence-corrected chi connectivity index (χ4v) is 4.30. The lowest BCUT2D eigenvalue weighted by atomic mass is 10.0. The summed E-state index contributed by atoms with van der Waals surface area (Å²) in [6.45, 7) is 0. The highest BCUT2D eigenvalue weighted by Crippen LogP contribution is 2.28. The van der Waals surface area contributed by atoms with E-state index >= 15 is 0 Å². The minimum Gasteiger partial charge on any atom is -0.494 e. The van der Waals surface area contributed by atoms with Crippen LogP contribution in [0.1, 0.15) is 25.6 Å². The van der Waals surface area contributed by atoms with E-state index in [9.17, 15) is 23.6 Å². The van der Waals surface area contributed by atoms with Gasteiger partial charge in [0.15, 0.2) is 17.3 Å². The first-order valence-corrected chi connectivity index (χ1v) is 10.9. The van der Waals surface area contributed by atoms with Crippen LogP contribution in [0.25, 0.3) is 10.1 Å². The summed E-state index contributed by atoms with van der Waals surface area (Å²) in [7, 11) is 1.28. The molecule has 0 bridgehead atoms. The Hall–Kier alpha value is -4.57. The third-order valence-electron chi connectivity index (χ3n) is 5.03. The number of methoxy groups -OCH3 is 1. The number of amides is 2. The molecule has 3 aromatic carbocycles. The van der Waals surface area contributed by atoms with Gasteiger partial charge in [-0.15, -0.1) is 11.3 Å². The Labute approximate surface area is 202 Å². The normalized spacial score (nSPS) is 10.6. The van der Waals surface area contributed by atoms with E-state index < -0.39 is 29.4 Å². The first-order chi connectivity index (χ1) is 16.8. The van der Waals surface area contributed by atoms with Gasteiger partial charge in [-0.25, -0.2) is 9.18 Å². The van der Waals surface area contributed by atoms with E-state index in [1.807, 2.05) is 24.3 Å². The molecular formula is C25H17FN2O6S. The maximum Gasteiger partial charge on any atom is 0.394 e. The lowest BCUT2D eigenvalue weighted by Crippen LogP contribution is -2.23. The van der Waals surface area contributed by atoms with Crippen molar-refractivity contribution in [1.82, 2.24) is 0 Å². The van der Waals surface area contributed by atoms with Crippen LogP contribution in [0, 0.1) is 5.82 Å². The predicted molar refractivity (Wildman–Crippen MR) is 129 cm³/mol. The van der Waals surface area contributed by atoms with Crippen molar-refractivity contribution in [2.24, 2.45) is 0 Å². The standard InChI is InChI=1S/C25H17FN2O6S/c1-34-19-9-6-14(10-17(19)26)22(29)16-12-15(7-8-18(16)28-24(31)25(32)33)27-23(30)21-11-13-4-2-3-5-20(13)35-21/h2-12H,1H3,(H,27,30)(H,28,31)(H,32,33). The second-order valence-corrected chi connectivity index (χ2v) is 8.38. The Bertz CT molecular complexity index is 1460. The smallest absolute Gasteiger partial charge is 0.394 e. The quantitative estimate of drug-likeness (QED) is 0.268. The van der Waals surface area contributed by atoms with Gasteiger partial charge in [-0.2, -0.15) is 0 Å². The fourth-order valence-electron chi connectivity index (χ4n) is 3.34. The minimum atomic E-state index is -1.75. The molecular weight excluding hydrogens is 475 g/mol. The molecule has 0 atom stereocenters. The van der Waals surface area contributed by atoms with Gasteiger partial charge < -0.3 is 20.5 Å². The van der Waals surface area contributed by atoms with Gasteiger partial charge in [-0.1, -0.05) is 18.2 Å². The zero-order chi connectivity index (χ0) is 25.1. The number of rotatable bonds is 6. The highest BCUT2D eigenvalue weighted by molar-refractivity contribution is 7.20.